The van der Waals surface area contributed by atoms with Crippen molar-refractivity contribution in [3.8, 4) is 5.75 Å². The molecule has 0 fully saturated rings. The van der Waals surface area contributed by atoms with Crippen LogP contribution in [-0.2, 0) is 40.4 Å². The first-order chi connectivity index (χ1) is 22.6. The number of alkyl carbamates (subject to hydrolysis) is 1. The molecule has 8 heteroatoms. The molecule has 47 heavy (non-hydrogen) atoms. The van der Waals surface area contributed by atoms with Gasteiger partial charge in [0.2, 0.25) is 11.8 Å². The lowest BCUT2D eigenvalue weighted by Gasteiger charge is -2.32. The summed E-state index contributed by atoms with van der Waals surface area (Å²) in [6, 6.07) is 32.3. The summed E-state index contributed by atoms with van der Waals surface area (Å²) in [4.78, 5) is 39.9. The van der Waals surface area contributed by atoms with Gasteiger partial charge in [-0.15, -0.1) is 0 Å². The van der Waals surface area contributed by atoms with Gasteiger partial charge >= 0.3 is 6.09 Å². The van der Waals surface area contributed by atoms with E-state index in [1.54, 1.807) is 13.8 Å². The molecule has 0 aliphatic heterocycles. The van der Waals surface area contributed by atoms with E-state index in [0.29, 0.717) is 18.9 Å². The van der Waals surface area contributed by atoms with E-state index < -0.39 is 23.6 Å². The Morgan fingerprint density at radius 3 is 1.87 bits per heavy atom. The Hall–Kier alpha value is -5.11. The normalized spacial score (nSPS) is 12.7. The van der Waals surface area contributed by atoms with Crippen LogP contribution in [-0.4, -0.2) is 36.0 Å². The highest BCUT2D eigenvalue weighted by molar-refractivity contribution is 5.94. The van der Waals surface area contributed by atoms with Crippen LogP contribution < -0.4 is 20.7 Å². The molecule has 4 aromatic carbocycles. The summed E-state index contributed by atoms with van der Waals surface area (Å²) in [5.74, 6) is -0.0801. The number of hydrogen-bond donors (Lipinski definition) is 3. The zero-order chi connectivity index (χ0) is 33.6. The standard InChI is InChI=1S/C39H45N3O5/c1-28-23-34(46-26-32-17-10-6-11-18-32)24-29(2)35(28)25-39(4,42-38(45)47-27-33-19-12-7-13-20-33)37(44)41-30(3)36(43)40-22-14-21-31-15-8-5-9-16-31/h5-13,15-20,23-24,30H,14,21-22,25-27H2,1-4H3,(H,40,43)(H,41,44)(H,42,45)/t30-,39-/m1/s1. The fourth-order valence-electron chi connectivity index (χ4n) is 5.30. The van der Waals surface area contributed by atoms with E-state index in [1.807, 2.05) is 105 Å². The molecule has 0 unspecified atom stereocenters. The average Bonchev–Trinajstić information content (AvgIpc) is 3.07. The number of carbonyl (C=O) groups excluding carboxylic acids is 3. The van der Waals surface area contributed by atoms with E-state index in [4.69, 9.17) is 9.47 Å². The molecule has 0 radical (unpaired) electrons. The van der Waals surface area contributed by atoms with Crippen molar-refractivity contribution in [3.63, 3.8) is 0 Å². The lowest BCUT2D eigenvalue weighted by atomic mass is 9.87. The van der Waals surface area contributed by atoms with Gasteiger partial charge in [-0.2, -0.15) is 0 Å². The van der Waals surface area contributed by atoms with E-state index in [9.17, 15) is 14.4 Å². The summed E-state index contributed by atoms with van der Waals surface area (Å²) in [6.45, 7) is 8.15. The number of aryl methyl sites for hydroxylation is 3. The van der Waals surface area contributed by atoms with Crippen molar-refractivity contribution < 1.29 is 23.9 Å². The van der Waals surface area contributed by atoms with Crippen molar-refractivity contribution in [1.29, 1.82) is 0 Å². The topological polar surface area (TPSA) is 106 Å². The van der Waals surface area contributed by atoms with E-state index in [2.05, 4.69) is 28.1 Å². The van der Waals surface area contributed by atoms with Crippen molar-refractivity contribution >= 4 is 17.9 Å². The number of ether oxygens (including phenoxy) is 2. The molecule has 0 heterocycles. The number of nitrogens with one attached hydrogen (secondary N) is 3. The van der Waals surface area contributed by atoms with Crippen LogP contribution in [0.3, 0.4) is 0 Å². The average molecular weight is 636 g/mol. The van der Waals surface area contributed by atoms with Crippen LogP contribution in [0.15, 0.2) is 103 Å². The molecule has 0 aliphatic carbocycles. The van der Waals surface area contributed by atoms with Crippen LogP contribution in [0.2, 0.25) is 0 Å². The number of rotatable bonds is 15. The minimum Gasteiger partial charge on any atom is -0.489 e. The molecule has 3 amide bonds. The monoisotopic (exact) mass is 635 g/mol. The van der Waals surface area contributed by atoms with Gasteiger partial charge in [0.1, 0.15) is 30.5 Å². The van der Waals surface area contributed by atoms with Crippen LogP contribution in [0.4, 0.5) is 4.79 Å². The highest BCUT2D eigenvalue weighted by atomic mass is 16.5. The zero-order valence-corrected chi connectivity index (χ0v) is 27.7. The molecule has 0 saturated heterocycles. The van der Waals surface area contributed by atoms with Gasteiger partial charge in [-0.05, 0) is 86.1 Å². The maximum absolute atomic E-state index is 13.9. The molecule has 4 aromatic rings. The highest BCUT2D eigenvalue weighted by Gasteiger charge is 2.38. The maximum atomic E-state index is 13.9. The molecule has 2 atom stereocenters. The minimum absolute atomic E-state index is 0.0532. The Labute approximate surface area is 277 Å². The second-order valence-electron chi connectivity index (χ2n) is 12.1. The predicted octanol–water partition coefficient (Wildman–Crippen LogP) is 6.36. The number of hydrogen-bond acceptors (Lipinski definition) is 5. The smallest absolute Gasteiger partial charge is 0.408 e. The first-order valence-corrected chi connectivity index (χ1v) is 16.0. The number of benzene rings is 4. The molecule has 0 saturated carbocycles. The van der Waals surface area contributed by atoms with Gasteiger partial charge in [0, 0.05) is 13.0 Å². The molecular weight excluding hydrogens is 590 g/mol. The summed E-state index contributed by atoms with van der Waals surface area (Å²) in [7, 11) is 0. The summed E-state index contributed by atoms with van der Waals surface area (Å²) in [5.41, 5.74) is 4.36. The van der Waals surface area contributed by atoms with Gasteiger partial charge in [-0.25, -0.2) is 4.79 Å². The van der Waals surface area contributed by atoms with E-state index in [1.165, 1.54) is 5.56 Å². The van der Waals surface area contributed by atoms with Gasteiger partial charge in [-0.1, -0.05) is 91.0 Å². The molecule has 246 valence electrons. The number of carbonyl (C=O) groups is 3. The van der Waals surface area contributed by atoms with Gasteiger partial charge in [0.25, 0.3) is 0 Å². The molecule has 4 rings (SSSR count). The Morgan fingerprint density at radius 1 is 0.766 bits per heavy atom. The largest absolute Gasteiger partial charge is 0.489 e. The van der Waals surface area contributed by atoms with Crippen LogP contribution in [0.25, 0.3) is 0 Å². The van der Waals surface area contributed by atoms with Gasteiger partial charge in [0.05, 0.1) is 0 Å². The zero-order valence-electron chi connectivity index (χ0n) is 27.7. The van der Waals surface area contributed by atoms with E-state index in [-0.39, 0.29) is 18.9 Å². The van der Waals surface area contributed by atoms with Gasteiger partial charge < -0.3 is 25.4 Å². The second kappa shape index (κ2) is 17.0. The molecule has 0 spiro atoms. The first kappa shape index (κ1) is 34.8. The van der Waals surface area contributed by atoms with Gasteiger partial charge in [0.15, 0.2) is 0 Å². The molecule has 3 N–H and O–H groups in total. The summed E-state index contributed by atoms with van der Waals surface area (Å²) in [6.07, 6.45) is 1.04. The minimum atomic E-state index is -1.43. The van der Waals surface area contributed by atoms with E-state index in [0.717, 1.165) is 40.7 Å². The fourth-order valence-corrected chi connectivity index (χ4v) is 5.30. The molecule has 0 bridgehead atoms. The summed E-state index contributed by atoms with van der Waals surface area (Å²) < 4.78 is 11.5. The third kappa shape index (κ3) is 10.7. The third-order valence-electron chi connectivity index (χ3n) is 8.07. The highest BCUT2D eigenvalue weighted by Crippen LogP contribution is 2.27. The van der Waals surface area contributed by atoms with Crippen molar-refractivity contribution in [2.75, 3.05) is 6.54 Å². The van der Waals surface area contributed by atoms with Crippen molar-refractivity contribution in [3.05, 3.63) is 137 Å². The maximum Gasteiger partial charge on any atom is 0.408 e. The second-order valence-corrected chi connectivity index (χ2v) is 12.1. The van der Waals surface area contributed by atoms with Crippen LogP contribution in [0.5, 0.6) is 5.75 Å². The molecule has 0 aliphatic rings. The molecular formula is C39H45N3O5. The molecule has 0 aromatic heterocycles. The van der Waals surface area contributed by atoms with Crippen molar-refractivity contribution in [1.82, 2.24) is 16.0 Å². The first-order valence-electron chi connectivity index (χ1n) is 16.0. The van der Waals surface area contributed by atoms with Crippen molar-refractivity contribution in [2.24, 2.45) is 0 Å². The van der Waals surface area contributed by atoms with Crippen LogP contribution in [0, 0.1) is 13.8 Å². The Kier molecular flexibility index (Phi) is 12.6. The Morgan fingerprint density at radius 2 is 1.30 bits per heavy atom. The Balaban J connectivity index is 1.44. The quantitative estimate of drug-likeness (QED) is 0.132. The Bertz CT molecular complexity index is 1590. The lowest BCUT2D eigenvalue weighted by Crippen LogP contribution is -2.61. The van der Waals surface area contributed by atoms with E-state index >= 15 is 0 Å². The predicted molar refractivity (Wildman–Crippen MR) is 184 cm³/mol. The van der Waals surface area contributed by atoms with Crippen LogP contribution >= 0.6 is 0 Å². The summed E-state index contributed by atoms with van der Waals surface area (Å²) >= 11 is 0. The lowest BCUT2D eigenvalue weighted by molar-refractivity contribution is -0.132. The van der Waals surface area contributed by atoms with Gasteiger partial charge in [-0.3, -0.25) is 9.59 Å². The SMILES string of the molecule is Cc1cc(OCc2ccccc2)cc(C)c1C[C@@](C)(NC(=O)OCc1ccccc1)C(=O)N[C@H](C)C(=O)NCCCc1ccccc1. The van der Waals surface area contributed by atoms with Crippen LogP contribution in [0.1, 0.15) is 53.6 Å². The molecule has 8 nitrogen and oxygen atoms in total. The third-order valence-corrected chi connectivity index (χ3v) is 8.07. The number of amides is 3. The van der Waals surface area contributed by atoms with Crippen molar-refractivity contribution in [2.45, 2.75) is 71.8 Å². The summed E-state index contributed by atoms with van der Waals surface area (Å²) in [5, 5.41) is 8.53. The fraction of sp³-hybridized carbons (Fsp3) is 0.308.